The third kappa shape index (κ3) is 3.96. The summed E-state index contributed by atoms with van der Waals surface area (Å²) in [7, 11) is 4.67. The number of fused-ring (bicyclic) bond motifs is 1. The van der Waals surface area contributed by atoms with Crippen molar-refractivity contribution in [2.45, 2.75) is 43.0 Å². The SMILES string of the molecule is COc1cc(C(=O)N2CC[C@]3(Cl)CCCC[C@@H]3[C@H]2c2ccccc2)cc(OC)c1OC. The number of carbonyl (C=O) groups is 1. The van der Waals surface area contributed by atoms with Gasteiger partial charge in [-0.25, -0.2) is 0 Å². The van der Waals surface area contributed by atoms with Gasteiger partial charge in [0.15, 0.2) is 11.5 Å². The number of amides is 1. The molecule has 1 aliphatic heterocycles. The molecule has 0 spiro atoms. The maximum Gasteiger partial charge on any atom is 0.254 e. The first-order valence-electron chi connectivity index (χ1n) is 10.9. The van der Waals surface area contributed by atoms with E-state index < -0.39 is 0 Å². The summed E-state index contributed by atoms with van der Waals surface area (Å²) in [5.74, 6) is 1.61. The van der Waals surface area contributed by atoms with Crippen LogP contribution in [0.3, 0.4) is 0 Å². The quantitative estimate of drug-likeness (QED) is 0.575. The zero-order valence-electron chi connectivity index (χ0n) is 18.4. The number of likely N-dealkylation sites (tertiary alicyclic amines) is 1. The van der Waals surface area contributed by atoms with E-state index in [0.29, 0.717) is 29.4 Å². The van der Waals surface area contributed by atoms with E-state index in [-0.39, 0.29) is 22.7 Å². The first-order valence-corrected chi connectivity index (χ1v) is 11.2. The van der Waals surface area contributed by atoms with Crippen LogP contribution in [0.4, 0.5) is 0 Å². The van der Waals surface area contributed by atoms with Gasteiger partial charge in [0.25, 0.3) is 5.91 Å². The van der Waals surface area contributed by atoms with Gasteiger partial charge in [-0.3, -0.25) is 4.79 Å². The summed E-state index contributed by atoms with van der Waals surface area (Å²) < 4.78 is 16.4. The Bertz CT molecular complexity index is 909. The number of piperidine rings is 1. The highest BCUT2D eigenvalue weighted by Gasteiger charge is 2.50. The normalized spacial score (nSPS) is 25.5. The predicted molar refractivity (Wildman–Crippen MR) is 121 cm³/mol. The fourth-order valence-electron chi connectivity index (χ4n) is 5.30. The van der Waals surface area contributed by atoms with Crippen molar-refractivity contribution in [2.75, 3.05) is 27.9 Å². The zero-order valence-corrected chi connectivity index (χ0v) is 19.2. The van der Waals surface area contributed by atoms with Gasteiger partial charge in [-0.05, 0) is 37.0 Å². The minimum Gasteiger partial charge on any atom is -0.493 e. The summed E-state index contributed by atoms with van der Waals surface area (Å²) in [6.07, 6.45) is 5.15. The minimum atomic E-state index is -0.245. The standard InChI is InChI=1S/C25H30ClNO4/c1-29-20-15-18(16-21(30-2)23(20)31-3)24(28)27-14-13-25(26)12-8-7-11-19(25)22(27)17-9-5-4-6-10-17/h4-6,9-10,15-16,19,22H,7-8,11-14H2,1-3H3/t19-,22-,25-/m1/s1. The molecule has 3 atom stereocenters. The van der Waals surface area contributed by atoms with Crippen molar-refractivity contribution in [3.05, 3.63) is 53.6 Å². The van der Waals surface area contributed by atoms with Crippen LogP contribution in [0, 0.1) is 5.92 Å². The molecular weight excluding hydrogens is 414 g/mol. The lowest BCUT2D eigenvalue weighted by molar-refractivity contribution is 0.0279. The zero-order chi connectivity index (χ0) is 22.0. The number of hydrogen-bond donors (Lipinski definition) is 0. The molecule has 2 fully saturated rings. The van der Waals surface area contributed by atoms with Crippen LogP contribution >= 0.6 is 11.6 Å². The van der Waals surface area contributed by atoms with Crippen LogP contribution in [0.1, 0.15) is 54.1 Å². The highest BCUT2D eigenvalue weighted by Crippen LogP contribution is 2.53. The molecule has 0 aromatic heterocycles. The number of halogens is 1. The van der Waals surface area contributed by atoms with Gasteiger partial charge in [0, 0.05) is 18.0 Å². The number of ether oxygens (including phenoxy) is 3. The van der Waals surface area contributed by atoms with Crippen molar-refractivity contribution in [2.24, 2.45) is 5.92 Å². The van der Waals surface area contributed by atoms with Gasteiger partial charge < -0.3 is 19.1 Å². The monoisotopic (exact) mass is 443 g/mol. The van der Waals surface area contributed by atoms with E-state index in [1.807, 2.05) is 23.1 Å². The fourth-order valence-corrected chi connectivity index (χ4v) is 5.75. The Morgan fingerprint density at radius 2 is 1.68 bits per heavy atom. The van der Waals surface area contributed by atoms with E-state index in [9.17, 15) is 4.79 Å². The highest BCUT2D eigenvalue weighted by molar-refractivity contribution is 6.24. The second kappa shape index (κ2) is 8.99. The Kier molecular flexibility index (Phi) is 6.33. The Morgan fingerprint density at radius 1 is 1.00 bits per heavy atom. The molecule has 4 rings (SSSR count). The maximum atomic E-state index is 13.8. The van der Waals surface area contributed by atoms with E-state index in [1.165, 1.54) is 0 Å². The predicted octanol–water partition coefficient (Wildman–Crippen LogP) is 5.47. The van der Waals surface area contributed by atoms with Gasteiger partial charge >= 0.3 is 0 Å². The molecule has 1 saturated heterocycles. The molecule has 1 heterocycles. The molecule has 0 unspecified atom stereocenters. The van der Waals surface area contributed by atoms with Crippen molar-refractivity contribution >= 4 is 17.5 Å². The Hall–Kier alpha value is -2.40. The van der Waals surface area contributed by atoms with Crippen molar-refractivity contribution in [1.82, 2.24) is 4.90 Å². The topological polar surface area (TPSA) is 48.0 Å². The Balaban J connectivity index is 1.76. The molecular formula is C25H30ClNO4. The Labute approximate surface area is 189 Å². The molecule has 5 nitrogen and oxygen atoms in total. The van der Waals surface area contributed by atoms with Gasteiger partial charge in [0.2, 0.25) is 5.75 Å². The number of methoxy groups -OCH3 is 3. The third-order valence-electron chi connectivity index (χ3n) is 6.82. The fraction of sp³-hybridized carbons (Fsp3) is 0.480. The van der Waals surface area contributed by atoms with E-state index in [0.717, 1.165) is 37.7 Å². The largest absolute Gasteiger partial charge is 0.493 e. The molecule has 2 aromatic carbocycles. The molecule has 0 radical (unpaired) electrons. The molecule has 1 saturated carbocycles. The molecule has 166 valence electrons. The van der Waals surface area contributed by atoms with Gasteiger partial charge in [-0.15, -0.1) is 11.6 Å². The molecule has 6 heteroatoms. The summed E-state index contributed by atoms with van der Waals surface area (Å²) in [5, 5.41) is 0. The Morgan fingerprint density at radius 3 is 2.29 bits per heavy atom. The lowest BCUT2D eigenvalue weighted by Crippen LogP contribution is -2.53. The first kappa shape index (κ1) is 21.8. The van der Waals surface area contributed by atoms with Crippen LogP contribution < -0.4 is 14.2 Å². The van der Waals surface area contributed by atoms with Gasteiger partial charge in [-0.1, -0.05) is 43.2 Å². The summed E-state index contributed by atoms with van der Waals surface area (Å²) in [4.78, 5) is 15.6. The summed E-state index contributed by atoms with van der Waals surface area (Å²) in [5.41, 5.74) is 1.66. The first-order chi connectivity index (χ1) is 15.0. The number of carbonyl (C=O) groups excluding carboxylic acids is 1. The van der Waals surface area contributed by atoms with E-state index in [1.54, 1.807) is 33.5 Å². The lowest BCUT2D eigenvalue weighted by Gasteiger charge is -2.52. The van der Waals surface area contributed by atoms with Crippen LogP contribution in [-0.4, -0.2) is 43.6 Å². The molecule has 1 amide bonds. The number of rotatable bonds is 5. The maximum absolute atomic E-state index is 13.8. The van der Waals surface area contributed by atoms with Gasteiger partial charge in [0.05, 0.1) is 32.2 Å². The molecule has 2 aromatic rings. The summed E-state index contributed by atoms with van der Waals surface area (Å²) in [6.45, 7) is 0.620. The molecule has 1 aliphatic carbocycles. The van der Waals surface area contributed by atoms with Crippen molar-refractivity contribution in [3.63, 3.8) is 0 Å². The number of nitrogens with zero attached hydrogens (tertiary/aromatic N) is 1. The number of alkyl halides is 1. The average molecular weight is 444 g/mol. The van der Waals surface area contributed by atoms with Crippen molar-refractivity contribution in [3.8, 4) is 17.2 Å². The molecule has 0 bridgehead atoms. The molecule has 0 N–H and O–H groups in total. The number of hydrogen-bond acceptors (Lipinski definition) is 4. The van der Waals surface area contributed by atoms with Gasteiger partial charge in [0.1, 0.15) is 0 Å². The minimum absolute atomic E-state index is 0.0441. The van der Waals surface area contributed by atoms with Gasteiger partial charge in [-0.2, -0.15) is 0 Å². The summed E-state index contributed by atoms with van der Waals surface area (Å²) >= 11 is 7.18. The van der Waals surface area contributed by atoms with E-state index in [2.05, 4.69) is 12.1 Å². The molecule has 31 heavy (non-hydrogen) atoms. The van der Waals surface area contributed by atoms with Crippen LogP contribution in [-0.2, 0) is 0 Å². The van der Waals surface area contributed by atoms with Crippen molar-refractivity contribution in [1.29, 1.82) is 0 Å². The number of benzene rings is 2. The second-order valence-corrected chi connectivity index (χ2v) is 9.16. The van der Waals surface area contributed by atoms with Crippen LogP contribution in [0.5, 0.6) is 17.2 Å². The van der Waals surface area contributed by atoms with E-state index in [4.69, 9.17) is 25.8 Å². The smallest absolute Gasteiger partial charge is 0.254 e. The van der Waals surface area contributed by atoms with Crippen LogP contribution in [0.25, 0.3) is 0 Å². The highest BCUT2D eigenvalue weighted by atomic mass is 35.5. The third-order valence-corrected chi connectivity index (χ3v) is 7.48. The van der Waals surface area contributed by atoms with E-state index >= 15 is 0 Å². The lowest BCUT2D eigenvalue weighted by atomic mass is 9.68. The average Bonchev–Trinajstić information content (AvgIpc) is 2.82. The second-order valence-electron chi connectivity index (χ2n) is 8.40. The molecule has 2 aliphatic rings. The van der Waals surface area contributed by atoms with Crippen LogP contribution in [0.15, 0.2) is 42.5 Å². The van der Waals surface area contributed by atoms with Crippen LogP contribution in [0.2, 0.25) is 0 Å². The summed E-state index contributed by atoms with van der Waals surface area (Å²) in [6, 6.07) is 13.7. The van der Waals surface area contributed by atoms with Crippen molar-refractivity contribution < 1.29 is 19.0 Å².